The largest absolute Gasteiger partial charge is 0.340 e. The van der Waals surface area contributed by atoms with Crippen LogP contribution in [0.5, 0.6) is 0 Å². The first kappa shape index (κ1) is 10.2. The summed E-state index contributed by atoms with van der Waals surface area (Å²) in [5.41, 5.74) is 0. The molecule has 0 spiro atoms. The standard InChI is InChI=1S/C10H17ClN2O/c11-9-7-10(14)13(8-9)6-5-12-3-1-2-4-12/h9H,1-8H2. The van der Waals surface area contributed by atoms with E-state index in [-0.39, 0.29) is 11.3 Å². The van der Waals surface area contributed by atoms with Gasteiger partial charge in [0.15, 0.2) is 0 Å². The highest BCUT2D eigenvalue weighted by Crippen LogP contribution is 2.16. The van der Waals surface area contributed by atoms with Crippen molar-refractivity contribution in [3.63, 3.8) is 0 Å². The van der Waals surface area contributed by atoms with Gasteiger partial charge in [0.2, 0.25) is 5.91 Å². The van der Waals surface area contributed by atoms with E-state index in [9.17, 15) is 4.79 Å². The normalized spacial score (nSPS) is 29.1. The number of likely N-dealkylation sites (tertiary alicyclic amines) is 2. The van der Waals surface area contributed by atoms with E-state index < -0.39 is 0 Å². The van der Waals surface area contributed by atoms with Gasteiger partial charge in [0.25, 0.3) is 0 Å². The zero-order valence-electron chi connectivity index (χ0n) is 8.41. The average molecular weight is 217 g/mol. The van der Waals surface area contributed by atoms with Gasteiger partial charge in [-0.3, -0.25) is 4.79 Å². The fraction of sp³-hybridized carbons (Fsp3) is 0.900. The lowest BCUT2D eigenvalue weighted by Crippen LogP contribution is -2.34. The van der Waals surface area contributed by atoms with Crippen molar-refractivity contribution in [2.75, 3.05) is 32.7 Å². The molecule has 4 heteroatoms. The zero-order valence-corrected chi connectivity index (χ0v) is 9.17. The fourth-order valence-corrected chi connectivity index (χ4v) is 2.51. The van der Waals surface area contributed by atoms with Gasteiger partial charge in [-0.25, -0.2) is 0 Å². The molecule has 0 aromatic carbocycles. The van der Waals surface area contributed by atoms with Crippen LogP contribution in [0.4, 0.5) is 0 Å². The van der Waals surface area contributed by atoms with E-state index in [2.05, 4.69) is 4.90 Å². The van der Waals surface area contributed by atoms with Gasteiger partial charge in [-0.15, -0.1) is 11.6 Å². The smallest absolute Gasteiger partial charge is 0.224 e. The van der Waals surface area contributed by atoms with Gasteiger partial charge in [0.1, 0.15) is 0 Å². The second-order valence-electron chi connectivity index (χ2n) is 4.19. The molecular weight excluding hydrogens is 200 g/mol. The lowest BCUT2D eigenvalue weighted by Gasteiger charge is -2.20. The van der Waals surface area contributed by atoms with Gasteiger partial charge in [0, 0.05) is 26.1 Å². The molecule has 2 heterocycles. The molecule has 2 aliphatic heterocycles. The number of alkyl halides is 1. The first-order chi connectivity index (χ1) is 6.75. The minimum atomic E-state index is 0.0427. The Kier molecular flexibility index (Phi) is 3.29. The van der Waals surface area contributed by atoms with Gasteiger partial charge < -0.3 is 9.80 Å². The predicted molar refractivity (Wildman–Crippen MR) is 56.5 cm³/mol. The molecule has 0 bridgehead atoms. The Morgan fingerprint density at radius 1 is 1.29 bits per heavy atom. The summed E-state index contributed by atoms with van der Waals surface area (Å²) in [6.45, 7) is 5.03. The Morgan fingerprint density at radius 2 is 2.00 bits per heavy atom. The molecule has 2 fully saturated rings. The molecule has 80 valence electrons. The van der Waals surface area contributed by atoms with Crippen molar-refractivity contribution in [3.05, 3.63) is 0 Å². The van der Waals surface area contributed by atoms with Crippen LogP contribution in [0.3, 0.4) is 0 Å². The summed E-state index contributed by atoms with van der Waals surface area (Å²) in [5.74, 6) is 0.226. The molecule has 2 aliphatic rings. The molecule has 0 aliphatic carbocycles. The molecule has 3 nitrogen and oxygen atoms in total. The maximum absolute atomic E-state index is 11.4. The Bertz CT molecular complexity index is 216. The highest BCUT2D eigenvalue weighted by Gasteiger charge is 2.27. The summed E-state index contributed by atoms with van der Waals surface area (Å²) < 4.78 is 0. The number of rotatable bonds is 3. The van der Waals surface area contributed by atoms with Crippen LogP contribution < -0.4 is 0 Å². The van der Waals surface area contributed by atoms with E-state index in [1.165, 1.54) is 25.9 Å². The highest BCUT2D eigenvalue weighted by atomic mass is 35.5. The molecular formula is C10H17ClN2O. The van der Waals surface area contributed by atoms with Gasteiger partial charge in [0.05, 0.1) is 5.38 Å². The summed E-state index contributed by atoms with van der Waals surface area (Å²) >= 11 is 5.92. The number of hydrogen-bond donors (Lipinski definition) is 0. The Labute approximate surface area is 90.0 Å². The SMILES string of the molecule is O=C1CC(Cl)CN1CCN1CCCC1. The van der Waals surface area contributed by atoms with Crippen LogP contribution in [0.1, 0.15) is 19.3 Å². The molecule has 1 amide bonds. The summed E-state index contributed by atoms with van der Waals surface area (Å²) in [4.78, 5) is 15.7. The minimum Gasteiger partial charge on any atom is -0.340 e. The van der Waals surface area contributed by atoms with Crippen molar-refractivity contribution < 1.29 is 4.79 Å². The topological polar surface area (TPSA) is 23.6 Å². The first-order valence-corrected chi connectivity index (χ1v) is 5.83. The number of carbonyl (C=O) groups is 1. The molecule has 0 aromatic rings. The lowest BCUT2D eigenvalue weighted by atomic mass is 10.4. The number of carbonyl (C=O) groups excluding carboxylic acids is 1. The summed E-state index contributed by atoms with van der Waals surface area (Å²) in [5, 5.41) is 0.0427. The number of halogens is 1. The van der Waals surface area contributed by atoms with Crippen molar-refractivity contribution >= 4 is 17.5 Å². The zero-order chi connectivity index (χ0) is 9.97. The third-order valence-corrected chi connectivity index (χ3v) is 3.34. The molecule has 0 saturated carbocycles. The molecule has 2 rings (SSSR count). The molecule has 2 saturated heterocycles. The van der Waals surface area contributed by atoms with Gasteiger partial charge in [-0.2, -0.15) is 0 Å². The van der Waals surface area contributed by atoms with Crippen LogP contribution in [0.25, 0.3) is 0 Å². The van der Waals surface area contributed by atoms with Gasteiger partial charge >= 0.3 is 0 Å². The second kappa shape index (κ2) is 4.49. The van der Waals surface area contributed by atoms with Crippen LogP contribution in [-0.2, 0) is 4.79 Å². The van der Waals surface area contributed by atoms with Crippen LogP contribution in [0.2, 0.25) is 0 Å². The third-order valence-electron chi connectivity index (χ3n) is 3.05. The predicted octanol–water partition coefficient (Wildman–Crippen LogP) is 0.922. The lowest BCUT2D eigenvalue weighted by molar-refractivity contribution is -0.127. The van der Waals surface area contributed by atoms with E-state index in [0.717, 1.165) is 19.6 Å². The van der Waals surface area contributed by atoms with Gasteiger partial charge in [-0.05, 0) is 25.9 Å². The van der Waals surface area contributed by atoms with Crippen LogP contribution in [0, 0.1) is 0 Å². The summed E-state index contributed by atoms with van der Waals surface area (Å²) in [7, 11) is 0. The van der Waals surface area contributed by atoms with Crippen molar-refractivity contribution in [2.45, 2.75) is 24.6 Å². The van der Waals surface area contributed by atoms with E-state index >= 15 is 0 Å². The third kappa shape index (κ3) is 2.39. The summed E-state index contributed by atoms with van der Waals surface area (Å²) in [6, 6.07) is 0. The van der Waals surface area contributed by atoms with Crippen LogP contribution >= 0.6 is 11.6 Å². The molecule has 1 unspecified atom stereocenters. The number of amides is 1. The van der Waals surface area contributed by atoms with Crippen LogP contribution in [0.15, 0.2) is 0 Å². The monoisotopic (exact) mass is 216 g/mol. The van der Waals surface area contributed by atoms with Gasteiger partial charge in [-0.1, -0.05) is 0 Å². The molecule has 14 heavy (non-hydrogen) atoms. The Balaban J connectivity index is 1.72. The van der Waals surface area contributed by atoms with E-state index in [0.29, 0.717) is 6.42 Å². The first-order valence-electron chi connectivity index (χ1n) is 5.40. The Hall–Kier alpha value is -0.280. The molecule has 0 radical (unpaired) electrons. The van der Waals surface area contributed by atoms with E-state index in [1.807, 2.05) is 4.90 Å². The number of nitrogens with zero attached hydrogens (tertiary/aromatic N) is 2. The van der Waals surface area contributed by atoms with E-state index in [1.54, 1.807) is 0 Å². The van der Waals surface area contributed by atoms with Crippen molar-refractivity contribution in [1.29, 1.82) is 0 Å². The van der Waals surface area contributed by atoms with Crippen LogP contribution in [-0.4, -0.2) is 53.8 Å². The Morgan fingerprint density at radius 3 is 2.57 bits per heavy atom. The molecule has 1 atom stereocenters. The van der Waals surface area contributed by atoms with E-state index in [4.69, 9.17) is 11.6 Å². The average Bonchev–Trinajstić information content (AvgIpc) is 2.72. The van der Waals surface area contributed by atoms with Crippen molar-refractivity contribution in [3.8, 4) is 0 Å². The quantitative estimate of drug-likeness (QED) is 0.656. The molecule has 0 aromatic heterocycles. The fourth-order valence-electron chi connectivity index (χ4n) is 2.21. The highest BCUT2D eigenvalue weighted by molar-refractivity contribution is 6.22. The summed E-state index contributed by atoms with van der Waals surface area (Å²) in [6.07, 6.45) is 3.15. The number of hydrogen-bond acceptors (Lipinski definition) is 2. The van der Waals surface area contributed by atoms with Crippen molar-refractivity contribution in [1.82, 2.24) is 9.80 Å². The second-order valence-corrected chi connectivity index (χ2v) is 4.81. The molecule has 0 N–H and O–H groups in total. The minimum absolute atomic E-state index is 0.0427. The van der Waals surface area contributed by atoms with Crippen molar-refractivity contribution in [2.24, 2.45) is 0 Å². The maximum atomic E-state index is 11.4. The maximum Gasteiger partial charge on any atom is 0.224 e.